The largest absolute Gasteiger partial charge is 0.493 e. The molecule has 0 aliphatic heterocycles. The van der Waals surface area contributed by atoms with Gasteiger partial charge >= 0.3 is 0 Å². The Morgan fingerprint density at radius 1 is 0.829 bits per heavy atom. The Bertz CT molecular complexity index is 1240. The molecule has 1 heterocycles. The van der Waals surface area contributed by atoms with Gasteiger partial charge in [-0.25, -0.2) is 4.98 Å². The second kappa shape index (κ2) is 10.6. The van der Waals surface area contributed by atoms with Crippen LogP contribution in [0.5, 0.6) is 17.2 Å². The van der Waals surface area contributed by atoms with Crippen molar-refractivity contribution in [1.82, 2.24) is 4.98 Å². The number of nitrogens with one attached hydrogen (secondary N) is 1. The molecule has 4 aromatic rings. The van der Waals surface area contributed by atoms with E-state index in [1.165, 1.54) is 22.5 Å². The first-order valence-electron chi connectivity index (χ1n) is 11.2. The third-order valence-electron chi connectivity index (χ3n) is 5.60. The van der Waals surface area contributed by atoms with Crippen molar-refractivity contribution in [1.29, 1.82) is 0 Å². The van der Waals surface area contributed by atoms with Crippen LogP contribution in [0.1, 0.15) is 16.7 Å². The maximum atomic E-state index is 13.0. The van der Waals surface area contributed by atoms with Crippen molar-refractivity contribution in [3.05, 3.63) is 77.4 Å². The number of amides is 1. The summed E-state index contributed by atoms with van der Waals surface area (Å²) < 4.78 is 16.2. The maximum absolute atomic E-state index is 13.0. The molecule has 1 N–H and O–H groups in total. The number of methoxy groups -OCH3 is 3. The molecule has 0 fully saturated rings. The molecular formula is C28H28N2O4S. The fourth-order valence-electron chi connectivity index (χ4n) is 3.77. The minimum absolute atomic E-state index is 0.135. The van der Waals surface area contributed by atoms with Gasteiger partial charge < -0.3 is 19.5 Å². The van der Waals surface area contributed by atoms with E-state index in [9.17, 15) is 4.79 Å². The Kier molecular flexibility index (Phi) is 7.36. The van der Waals surface area contributed by atoms with E-state index >= 15 is 0 Å². The van der Waals surface area contributed by atoms with Crippen LogP contribution in [0.15, 0.2) is 60.7 Å². The third kappa shape index (κ3) is 5.46. The van der Waals surface area contributed by atoms with Gasteiger partial charge in [0.25, 0.3) is 0 Å². The summed E-state index contributed by atoms with van der Waals surface area (Å²) in [6, 6.07) is 20.1. The van der Waals surface area contributed by atoms with E-state index in [4.69, 9.17) is 19.2 Å². The second-order valence-electron chi connectivity index (χ2n) is 8.19. The molecule has 7 heteroatoms. The molecule has 35 heavy (non-hydrogen) atoms. The number of nitrogens with zero attached hydrogens (tertiary/aromatic N) is 1. The summed E-state index contributed by atoms with van der Waals surface area (Å²) in [5, 5.41) is 3.52. The Morgan fingerprint density at radius 3 is 1.89 bits per heavy atom. The number of carbonyl (C=O) groups excluding carboxylic acids is 1. The molecule has 0 atom stereocenters. The first-order valence-corrected chi connectivity index (χ1v) is 12.0. The van der Waals surface area contributed by atoms with Gasteiger partial charge in [-0.1, -0.05) is 71.0 Å². The van der Waals surface area contributed by atoms with Crippen molar-refractivity contribution < 1.29 is 19.0 Å². The number of hydrogen-bond acceptors (Lipinski definition) is 6. The van der Waals surface area contributed by atoms with Crippen LogP contribution < -0.4 is 19.5 Å². The molecule has 1 aromatic heterocycles. The molecule has 0 unspecified atom stereocenters. The van der Waals surface area contributed by atoms with Crippen molar-refractivity contribution >= 4 is 22.4 Å². The summed E-state index contributed by atoms with van der Waals surface area (Å²) in [6.07, 6.45) is 0.135. The van der Waals surface area contributed by atoms with Gasteiger partial charge in [-0.05, 0) is 37.1 Å². The number of benzene rings is 3. The highest BCUT2D eigenvalue weighted by atomic mass is 32.1. The molecule has 0 aliphatic rings. The molecule has 0 saturated carbocycles. The summed E-state index contributed by atoms with van der Waals surface area (Å²) in [4.78, 5) is 18.8. The first-order chi connectivity index (χ1) is 16.9. The topological polar surface area (TPSA) is 69.7 Å². The van der Waals surface area contributed by atoms with Crippen LogP contribution in [0, 0.1) is 13.8 Å². The highest BCUT2D eigenvalue weighted by molar-refractivity contribution is 7.19. The standard InChI is InChI=1S/C28H28N2O4S/c1-17-6-10-20(11-7-17)25-27(21-12-8-18(2)9-13-21)35-28(30-25)29-24(31)16-19-14-22(32-3)26(34-5)23(15-19)33-4/h6-15H,16H2,1-5H3,(H,29,30,31). The average molecular weight is 489 g/mol. The van der Waals surface area contributed by atoms with Gasteiger partial charge in [0.1, 0.15) is 0 Å². The molecule has 180 valence electrons. The highest BCUT2D eigenvalue weighted by Gasteiger charge is 2.18. The number of anilines is 1. The minimum Gasteiger partial charge on any atom is -0.493 e. The molecule has 3 aromatic carbocycles. The van der Waals surface area contributed by atoms with Crippen molar-refractivity contribution in [2.45, 2.75) is 20.3 Å². The normalized spacial score (nSPS) is 10.7. The lowest BCUT2D eigenvalue weighted by molar-refractivity contribution is -0.115. The molecule has 0 spiro atoms. The van der Waals surface area contributed by atoms with Crippen LogP contribution in [-0.2, 0) is 11.2 Å². The van der Waals surface area contributed by atoms with E-state index < -0.39 is 0 Å². The molecule has 0 saturated heterocycles. The summed E-state index contributed by atoms with van der Waals surface area (Å²) in [6.45, 7) is 4.12. The lowest BCUT2D eigenvalue weighted by atomic mass is 10.0. The molecule has 6 nitrogen and oxygen atoms in total. The molecule has 0 radical (unpaired) electrons. The van der Waals surface area contributed by atoms with E-state index in [-0.39, 0.29) is 12.3 Å². The van der Waals surface area contributed by atoms with Crippen LogP contribution in [-0.4, -0.2) is 32.2 Å². The summed E-state index contributed by atoms with van der Waals surface area (Å²) in [5.41, 5.74) is 6.03. The maximum Gasteiger partial charge on any atom is 0.230 e. The average Bonchev–Trinajstić information content (AvgIpc) is 3.27. The molecule has 1 amide bonds. The summed E-state index contributed by atoms with van der Waals surface area (Å²) in [7, 11) is 4.65. The van der Waals surface area contributed by atoms with Crippen LogP contribution >= 0.6 is 11.3 Å². The predicted molar refractivity (Wildman–Crippen MR) is 141 cm³/mol. The van der Waals surface area contributed by atoms with Gasteiger partial charge in [0, 0.05) is 5.56 Å². The smallest absolute Gasteiger partial charge is 0.230 e. The SMILES string of the molecule is COc1cc(CC(=O)Nc2nc(-c3ccc(C)cc3)c(-c3ccc(C)cc3)s2)cc(OC)c1OC. The molecule has 4 rings (SSSR count). The van der Waals surface area contributed by atoms with Crippen molar-refractivity contribution in [3.8, 4) is 38.9 Å². The fourth-order valence-corrected chi connectivity index (χ4v) is 4.78. The van der Waals surface area contributed by atoms with E-state index in [2.05, 4.69) is 67.7 Å². The van der Waals surface area contributed by atoms with E-state index in [1.807, 2.05) is 0 Å². The second-order valence-corrected chi connectivity index (χ2v) is 9.19. The van der Waals surface area contributed by atoms with Gasteiger partial charge in [-0.15, -0.1) is 0 Å². The third-order valence-corrected chi connectivity index (χ3v) is 6.62. The Balaban J connectivity index is 1.63. The lowest BCUT2D eigenvalue weighted by Crippen LogP contribution is -2.14. The lowest BCUT2D eigenvalue weighted by Gasteiger charge is -2.13. The monoisotopic (exact) mass is 488 g/mol. The van der Waals surface area contributed by atoms with Crippen LogP contribution in [0.3, 0.4) is 0 Å². The number of aryl methyl sites for hydroxylation is 2. The van der Waals surface area contributed by atoms with E-state index in [0.29, 0.717) is 22.4 Å². The van der Waals surface area contributed by atoms with Gasteiger partial charge in [0.15, 0.2) is 16.6 Å². The summed E-state index contributed by atoms with van der Waals surface area (Å²) >= 11 is 1.47. The molecule has 0 bridgehead atoms. The van der Waals surface area contributed by atoms with Gasteiger partial charge in [-0.2, -0.15) is 0 Å². The van der Waals surface area contributed by atoms with E-state index in [0.717, 1.165) is 27.3 Å². The Hall–Kier alpha value is -3.84. The number of ether oxygens (including phenoxy) is 3. The Morgan fingerprint density at radius 2 is 1.37 bits per heavy atom. The van der Waals surface area contributed by atoms with Crippen molar-refractivity contribution in [2.24, 2.45) is 0 Å². The zero-order valence-corrected chi connectivity index (χ0v) is 21.3. The van der Waals surface area contributed by atoms with E-state index in [1.54, 1.807) is 33.5 Å². The number of hydrogen-bond donors (Lipinski definition) is 1. The zero-order chi connectivity index (χ0) is 24.9. The highest BCUT2D eigenvalue weighted by Crippen LogP contribution is 2.40. The predicted octanol–water partition coefficient (Wildman–Crippen LogP) is 6.30. The van der Waals surface area contributed by atoms with Crippen LogP contribution in [0.2, 0.25) is 0 Å². The number of aromatic nitrogens is 1. The van der Waals surface area contributed by atoms with Gasteiger partial charge in [-0.3, -0.25) is 4.79 Å². The quantitative estimate of drug-likeness (QED) is 0.315. The first kappa shape index (κ1) is 24.3. The Labute approximate surface area is 209 Å². The van der Waals surface area contributed by atoms with Gasteiger partial charge in [0.05, 0.1) is 38.3 Å². The number of carbonyl (C=O) groups is 1. The number of rotatable bonds is 8. The molecular weight excluding hydrogens is 460 g/mol. The number of thiazole rings is 1. The summed E-state index contributed by atoms with van der Waals surface area (Å²) in [5.74, 6) is 1.32. The molecule has 0 aliphatic carbocycles. The van der Waals surface area contributed by atoms with Gasteiger partial charge in [0.2, 0.25) is 11.7 Å². The van der Waals surface area contributed by atoms with Crippen molar-refractivity contribution in [3.63, 3.8) is 0 Å². The minimum atomic E-state index is -0.182. The zero-order valence-electron chi connectivity index (χ0n) is 20.5. The van der Waals surface area contributed by atoms with Crippen molar-refractivity contribution in [2.75, 3.05) is 26.6 Å². The van der Waals surface area contributed by atoms with Crippen LogP contribution in [0.25, 0.3) is 21.7 Å². The van der Waals surface area contributed by atoms with Crippen LogP contribution in [0.4, 0.5) is 5.13 Å². The fraction of sp³-hybridized carbons (Fsp3) is 0.214.